The van der Waals surface area contributed by atoms with Crippen molar-refractivity contribution in [3.63, 3.8) is 0 Å². The number of aromatic nitrogens is 1. The number of benzene rings is 1. The van der Waals surface area contributed by atoms with Crippen molar-refractivity contribution >= 4 is 41.0 Å². The fraction of sp³-hybridized carbons (Fsp3) is 0.200. The molecule has 138 valence electrons. The van der Waals surface area contributed by atoms with E-state index in [4.69, 9.17) is 27.9 Å². The van der Waals surface area contributed by atoms with Crippen LogP contribution < -0.4 is 0 Å². The molecule has 7 heteroatoms. The summed E-state index contributed by atoms with van der Waals surface area (Å²) < 4.78 is 5.19. The molecule has 0 saturated heterocycles. The van der Waals surface area contributed by atoms with Gasteiger partial charge in [0, 0.05) is 28.9 Å². The molecule has 1 atom stereocenters. The molecule has 0 radical (unpaired) electrons. The number of nitrogens with zero attached hydrogens (tertiary/aromatic N) is 2. The van der Waals surface area contributed by atoms with Crippen LogP contribution in [0.5, 0.6) is 0 Å². The molecule has 2 rings (SSSR count). The molecule has 0 spiro atoms. The summed E-state index contributed by atoms with van der Waals surface area (Å²) in [4.78, 5) is 28.0. The number of hydrogen-bond donors (Lipinski definition) is 0. The maximum Gasteiger partial charge on any atom is 0.341 e. The zero-order valence-corrected chi connectivity index (χ0v) is 16.0. The Morgan fingerprint density at radius 1 is 1.33 bits per heavy atom. The molecule has 0 saturated carbocycles. The number of esters is 1. The first kappa shape index (κ1) is 20.6. The lowest BCUT2D eigenvalue weighted by molar-refractivity contribution is -0.140. The normalized spacial score (nSPS) is 12.1. The van der Waals surface area contributed by atoms with E-state index in [9.17, 15) is 14.9 Å². The standard InChI is InChI=1S/C20H16Cl2N2O3/c1-13(25)18(9-14-3-2-7-24-12-14)20(26)27-8-6-15(11-23)17-5-4-16(21)10-19(17)22/h2-5,7,9-10,12,15H,6,8H2,1H3. The summed E-state index contributed by atoms with van der Waals surface area (Å²) >= 11 is 12.0. The van der Waals surface area contributed by atoms with Gasteiger partial charge in [-0.3, -0.25) is 9.78 Å². The molecule has 27 heavy (non-hydrogen) atoms. The van der Waals surface area contributed by atoms with Crippen molar-refractivity contribution in [3.05, 3.63) is 69.5 Å². The number of halogens is 2. The number of pyridine rings is 1. The molecule has 0 N–H and O–H groups in total. The van der Waals surface area contributed by atoms with Gasteiger partial charge in [-0.15, -0.1) is 0 Å². The fourth-order valence-corrected chi connectivity index (χ4v) is 2.89. The summed E-state index contributed by atoms with van der Waals surface area (Å²) in [6.07, 6.45) is 4.79. The van der Waals surface area contributed by atoms with E-state index >= 15 is 0 Å². The lowest BCUT2D eigenvalue weighted by atomic mass is 9.97. The number of Topliss-reactive ketones (excluding diaryl/α,β-unsaturated/α-hetero) is 1. The number of hydrogen-bond acceptors (Lipinski definition) is 5. The highest BCUT2D eigenvalue weighted by atomic mass is 35.5. The van der Waals surface area contributed by atoms with E-state index in [2.05, 4.69) is 11.1 Å². The van der Waals surface area contributed by atoms with Crippen LogP contribution in [0.25, 0.3) is 6.08 Å². The van der Waals surface area contributed by atoms with Crippen LogP contribution in [-0.4, -0.2) is 23.3 Å². The monoisotopic (exact) mass is 402 g/mol. The third kappa shape index (κ3) is 5.92. The minimum absolute atomic E-state index is 0.0341. The van der Waals surface area contributed by atoms with Gasteiger partial charge in [0.25, 0.3) is 0 Å². The molecule has 1 aromatic heterocycles. The SMILES string of the molecule is CC(=O)C(=Cc1cccnc1)C(=O)OCCC(C#N)c1ccc(Cl)cc1Cl. The number of nitriles is 1. The zero-order valence-electron chi connectivity index (χ0n) is 14.5. The third-order valence-electron chi connectivity index (χ3n) is 3.73. The van der Waals surface area contributed by atoms with Gasteiger partial charge in [0.15, 0.2) is 5.78 Å². The Labute approximate surface area is 167 Å². The van der Waals surface area contributed by atoms with Gasteiger partial charge in [-0.25, -0.2) is 4.79 Å². The smallest absolute Gasteiger partial charge is 0.341 e. The molecule has 2 aromatic rings. The summed E-state index contributed by atoms with van der Waals surface area (Å²) in [7, 11) is 0. The molecule has 0 amide bonds. The van der Waals surface area contributed by atoms with Crippen molar-refractivity contribution < 1.29 is 14.3 Å². The van der Waals surface area contributed by atoms with Crippen molar-refractivity contribution in [3.8, 4) is 6.07 Å². The Morgan fingerprint density at radius 2 is 2.11 bits per heavy atom. The highest BCUT2D eigenvalue weighted by molar-refractivity contribution is 6.35. The molecule has 1 heterocycles. The van der Waals surface area contributed by atoms with Crippen LogP contribution in [0.2, 0.25) is 10.0 Å². The zero-order chi connectivity index (χ0) is 19.8. The Kier molecular flexibility index (Phi) is 7.54. The molecule has 0 aliphatic rings. The Balaban J connectivity index is 2.03. The second-order valence-electron chi connectivity index (χ2n) is 5.67. The van der Waals surface area contributed by atoms with Gasteiger partial charge in [-0.05, 0) is 42.3 Å². The molecule has 5 nitrogen and oxygen atoms in total. The highest BCUT2D eigenvalue weighted by Gasteiger charge is 2.19. The molecule has 0 bridgehead atoms. The van der Waals surface area contributed by atoms with E-state index < -0.39 is 17.7 Å². The maximum atomic E-state index is 12.2. The molecular weight excluding hydrogens is 387 g/mol. The lowest BCUT2D eigenvalue weighted by Gasteiger charge is -2.12. The Bertz CT molecular complexity index is 905. The first-order chi connectivity index (χ1) is 12.9. The summed E-state index contributed by atoms with van der Waals surface area (Å²) in [5, 5.41) is 10.2. The van der Waals surface area contributed by atoms with Crippen LogP contribution in [0.1, 0.15) is 30.4 Å². The molecule has 1 aromatic carbocycles. The van der Waals surface area contributed by atoms with Crippen molar-refractivity contribution in [1.29, 1.82) is 5.26 Å². The van der Waals surface area contributed by atoms with Gasteiger partial charge < -0.3 is 4.74 Å². The highest BCUT2D eigenvalue weighted by Crippen LogP contribution is 2.29. The van der Waals surface area contributed by atoms with E-state index in [-0.39, 0.29) is 18.6 Å². The number of ketones is 1. The fourth-order valence-electron chi connectivity index (χ4n) is 2.35. The Hall–Kier alpha value is -2.68. The molecule has 0 fully saturated rings. The van der Waals surface area contributed by atoms with E-state index in [0.717, 1.165) is 0 Å². The van der Waals surface area contributed by atoms with Crippen LogP contribution in [0.15, 0.2) is 48.3 Å². The summed E-state index contributed by atoms with van der Waals surface area (Å²) in [6, 6.07) is 10.4. The predicted molar refractivity (Wildman–Crippen MR) is 103 cm³/mol. The van der Waals surface area contributed by atoms with Crippen LogP contribution in [0.3, 0.4) is 0 Å². The van der Waals surface area contributed by atoms with Gasteiger partial charge in [-0.2, -0.15) is 5.26 Å². The summed E-state index contributed by atoms with van der Waals surface area (Å²) in [5.41, 5.74) is 1.14. The topological polar surface area (TPSA) is 80.1 Å². The summed E-state index contributed by atoms with van der Waals surface area (Å²) in [6.45, 7) is 1.25. The molecule has 1 unspecified atom stereocenters. The minimum Gasteiger partial charge on any atom is -0.462 e. The summed E-state index contributed by atoms with van der Waals surface area (Å²) in [5.74, 6) is -1.72. The van der Waals surface area contributed by atoms with Crippen molar-refractivity contribution in [2.24, 2.45) is 0 Å². The third-order valence-corrected chi connectivity index (χ3v) is 4.29. The predicted octanol–water partition coefficient (Wildman–Crippen LogP) is 4.60. The largest absolute Gasteiger partial charge is 0.462 e. The maximum absolute atomic E-state index is 12.2. The van der Waals surface area contributed by atoms with Crippen LogP contribution in [-0.2, 0) is 14.3 Å². The van der Waals surface area contributed by atoms with Gasteiger partial charge in [0.05, 0.1) is 18.6 Å². The first-order valence-electron chi connectivity index (χ1n) is 8.06. The van der Waals surface area contributed by atoms with E-state index in [0.29, 0.717) is 21.2 Å². The number of ether oxygens (including phenoxy) is 1. The first-order valence-corrected chi connectivity index (χ1v) is 8.82. The average Bonchev–Trinajstić information content (AvgIpc) is 2.64. The minimum atomic E-state index is -0.745. The van der Waals surface area contributed by atoms with Crippen molar-refractivity contribution in [1.82, 2.24) is 4.98 Å². The second kappa shape index (κ2) is 9.86. The van der Waals surface area contributed by atoms with Gasteiger partial charge in [-0.1, -0.05) is 35.3 Å². The van der Waals surface area contributed by atoms with Crippen LogP contribution in [0.4, 0.5) is 0 Å². The van der Waals surface area contributed by atoms with E-state index in [1.807, 2.05) is 0 Å². The van der Waals surface area contributed by atoms with Gasteiger partial charge >= 0.3 is 5.97 Å². The number of carbonyl (C=O) groups excluding carboxylic acids is 2. The van der Waals surface area contributed by atoms with Crippen molar-refractivity contribution in [2.75, 3.05) is 6.61 Å². The molecule has 0 aliphatic heterocycles. The van der Waals surface area contributed by atoms with Crippen molar-refractivity contribution in [2.45, 2.75) is 19.3 Å². The lowest BCUT2D eigenvalue weighted by Crippen LogP contribution is -2.15. The second-order valence-corrected chi connectivity index (χ2v) is 6.52. The van der Waals surface area contributed by atoms with E-state index in [1.54, 1.807) is 36.5 Å². The molecular formula is C20H16Cl2N2O3. The number of carbonyl (C=O) groups is 2. The molecule has 0 aliphatic carbocycles. The van der Waals surface area contributed by atoms with Gasteiger partial charge in [0.1, 0.15) is 5.57 Å². The van der Waals surface area contributed by atoms with Gasteiger partial charge in [0.2, 0.25) is 0 Å². The van der Waals surface area contributed by atoms with Crippen LogP contribution >= 0.6 is 23.2 Å². The quantitative estimate of drug-likeness (QED) is 0.292. The number of rotatable bonds is 7. The average molecular weight is 403 g/mol. The Morgan fingerprint density at radius 3 is 2.70 bits per heavy atom. The van der Waals surface area contributed by atoms with Crippen LogP contribution in [0, 0.1) is 11.3 Å². The van der Waals surface area contributed by atoms with E-state index in [1.165, 1.54) is 19.2 Å².